The minimum atomic E-state index is -0.965. The highest BCUT2D eigenvalue weighted by Gasteiger charge is 2.57. The normalized spacial score (nSPS) is 28.0. The van der Waals surface area contributed by atoms with Gasteiger partial charge in [-0.05, 0) is 62.3 Å². The van der Waals surface area contributed by atoms with Crippen LogP contribution in [-0.2, 0) is 28.5 Å². The quantitative estimate of drug-likeness (QED) is 0.526. The first kappa shape index (κ1) is 30.2. The number of hydrogen-bond acceptors (Lipinski definition) is 6. The molecule has 0 aromatic carbocycles. The average molecular weight is 471 g/mol. The van der Waals surface area contributed by atoms with Crippen LogP contribution >= 0.6 is 0 Å². The fourth-order valence-corrected chi connectivity index (χ4v) is 3.74. The zero-order valence-electron chi connectivity index (χ0n) is 23.8. The minimum absolute atomic E-state index is 0.125. The highest BCUT2D eigenvalue weighted by molar-refractivity contribution is 5.92. The molecule has 0 N–H and O–H groups in total. The van der Waals surface area contributed by atoms with E-state index in [0.29, 0.717) is 0 Å². The molecule has 5 atom stereocenters. The first-order valence-corrected chi connectivity index (χ1v) is 12.1. The van der Waals surface area contributed by atoms with Gasteiger partial charge in [0, 0.05) is 10.8 Å². The lowest BCUT2D eigenvalue weighted by Gasteiger charge is -2.51. The molecule has 0 amide bonds. The summed E-state index contributed by atoms with van der Waals surface area (Å²) in [5.41, 5.74) is -3.09. The van der Waals surface area contributed by atoms with Crippen molar-refractivity contribution >= 4 is 11.6 Å². The van der Waals surface area contributed by atoms with Crippen LogP contribution in [0.25, 0.3) is 0 Å². The second-order valence-electron chi connectivity index (χ2n) is 14.3. The summed E-state index contributed by atoms with van der Waals surface area (Å²) in [6.07, 6.45) is -4.11. The van der Waals surface area contributed by atoms with E-state index in [2.05, 4.69) is 0 Å². The molecule has 0 aromatic rings. The third kappa shape index (κ3) is 9.04. The predicted molar refractivity (Wildman–Crippen MR) is 131 cm³/mol. The Labute approximate surface area is 202 Å². The van der Waals surface area contributed by atoms with Gasteiger partial charge in [-0.1, -0.05) is 41.5 Å². The fourth-order valence-electron chi connectivity index (χ4n) is 3.74. The Morgan fingerprint density at radius 1 is 0.485 bits per heavy atom. The van der Waals surface area contributed by atoms with Gasteiger partial charge in [0.15, 0.2) is 11.6 Å². The molecule has 194 valence electrons. The van der Waals surface area contributed by atoms with E-state index in [9.17, 15) is 9.59 Å². The van der Waals surface area contributed by atoms with Crippen LogP contribution in [0.2, 0.25) is 0 Å². The molecule has 1 aliphatic heterocycles. The van der Waals surface area contributed by atoms with E-state index >= 15 is 0 Å². The summed E-state index contributed by atoms with van der Waals surface area (Å²) in [5, 5.41) is 0. The van der Waals surface area contributed by atoms with E-state index in [0.717, 1.165) is 0 Å². The lowest BCUT2D eigenvalue weighted by atomic mass is 9.78. The van der Waals surface area contributed by atoms with Crippen LogP contribution in [0.1, 0.15) is 104 Å². The van der Waals surface area contributed by atoms with Gasteiger partial charge in [0.2, 0.25) is 0 Å². The molecule has 0 aliphatic carbocycles. The smallest absolute Gasteiger partial charge is 0.169 e. The van der Waals surface area contributed by atoms with Crippen molar-refractivity contribution in [1.29, 1.82) is 0 Å². The van der Waals surface area contributed by atoms with Crippen LogP contribution in [0.15, 0.2) is 0 Å². The van der Waals surface area contributed by atoms with Crippen molar-refractivity contribution < 1.29 is 28.5 Å². The Balaban J connectivity index is 3.79. The average Bonchev–Trinajstić information content (AvgIpc) is 2.51. The molecule has 0 saturated carbocycles. The zero-order chi connectivity index (χ0) is 26.4. The van der Waals surface area contributed by atoms with Gasteiger partial charge < -0.3 is 18.9 Å². The summed E-state index contributed by atoms with van der Waals surface area (Å²) in [7, 11) is 0. The van der Waals surface area contributed by atoms with Crippen molar-refractivity contribution in [3.05, 3.63) is 0 Å². The van der Waals surface area contributed by atoms with Gasteiger partial charge in [-0.2, -0.15) is 0 Å². The molecule has 0 spiro atoms. The number of hydrogen-bond donors (Lipinski definition) is 0. The Bertz CT molecular complexity index is 639. The Hall–Kier alpha value is -0.820. The van der Waals surface area contributed by atoms with Crippen LogP contribution in [0.4, 0.5) is 0 Å². The van der Waals surface area contributed by atoms with Gasteiger partial charge in [-0.25, -0.2) is 0 Å². The van der Waals surface area contributed by atoms with Crippen molar-refractivity contribution in [1.82, 2.24) is 0 Å². The predicted octanol–water partition coefficient (Wildman–Crippen LogP) is 5.54. The van der Waals surface area contributed by atoms with Crippen molar-refractivity contribution in [2.24, 2.45) is 10.8 Å². The maximum Gasteiger partial charge on any atom is 0.169 e. The third-order valence-corrected chi connectivity index (χ3v) is 5.00. The molecular weight excluding hydrogens is 420 g/mol. The molecule has 1 heterocycles. The van der Waals surface area contributed by atoms with Crippen molar-refractivity contribution in [3.8, 4) is 0 Å². The van der Waals surface area contributed by atoms with Crippen LogP contribution < -0.4 is 0 Å². The van der Waals surface area contributed by atoms with E-state index in [1.807, 2.05) is 104 Å². The molecular formula is C27H50O6. The molecule has 1 unspecified atom stereocenters. The standard InChI is InChI=1S/C27H50O6/c1-23(2,3)21(28)19-17(32-26(10,11)12)16(31-25(7,8)9)18(33-27(13,14)15)20(30-19)22(29)24(4,5)6/h16-20H,1-15H3/t16?,17-,18+,19-,20+. The van der Waals surface area contributed by atoms with Gasteiger partial charge >= 0.3 is 0 Å². The van der Waals surface area contributed by atoms with Crippen LogP contribution in [0.5, 0.6) is 0 Å². The first-order chi connectivity index (χ1) is 14.3. The van der Waals surface area contributed by atoms with E-state index < -0.39 is 58.2 Å². The number of carbonyl (C=O) groups is 2. The molecule has 6 heteroatoms. The molecule has 33 heavy (non-hydrogen) atoms. The monoisotopic (exact) mass is 470 g/mol. The number of ketones is 2. The van der Waals surface area contributed by atoms with Crippen molar-refractivity contribution in [2.75, 3.05) is 0 Å². The number of rotatable bonds is 5. The topological polar surface area (TPSA) is 71.1 Å². The minimum Gasteiger partial charge on any atom is -0.367 e. The fraction of sp³-hybridized carbons (Fsp3) is 0.926. The van der Waals surface area contributed by atoms with Gasteiger partial charge in [0.1, 0.15) is 30.5 Å². The lowest BCUT2D eigenvalue weighted by Crippen LogP contribution is -2.68. The second-order valence-corrected chi connectivity index (χ2v) is 14.3. The summed E-state index contributed by atoms with van der Waals surface area (Å²) in [4.78, 5) is 27.2. The molecule has 6 nitrogen and oxygen atoms in total. The number of carbonyl (C=O) groups excluding carboxylic acids is 2. The molecule has 0 bridgehead atoms. The largest absolute Gasteiger partial charge is 0.367 e. The van der Waals surface area contributed by atoms with Crippen molar-refractivity contribution in [3.63, 3.8) is 0 Å². The highest BCUT2D eigenvalue weighted by atomic mass is 16.6. The molecule has 1 rings (SSSR count). The summed E-state index contributed by atoms with van der Waals surface area (Å²) in [6.45, 7) is 28.6. The van der Waals surface area contributed by atoms with E-state index in [-0.39, 0.29) is 11.6 Å². The van der Waals surface area contributed by atoms with Gasteiger partial charge in [0.05, 0.1) is 16.8 Å². The molecule has 1 aliphatic rings. The zero-order valence-corrected chi connectivity index (χ0v) is 23.8. The molecule has 1 saturated heterocycles. The van der Waals surface area contributed by atoms with Crippen molar-refractivity contribution in [2.45, 2.75) is 151 Å². The highest BCUT2D eigenvalue weighted by Crippen LogP contribution is 2.39. The molecule has 1 fully saturated rings. The van der Waals surface area contributed by atoms with Gasteiger partial charge in [-0.3, -0.25) is 9.59 Å². The van der Waals surface area contributed by atoms with Crippen LogP contribution in [0, 0.1) is 10.8 Å². The Morgan fingerprint density at radius 3 is 0.939 bits per heavy atom. The van der Waals surface area contributed by atoms with E-state index in [1.165, 1.54) is 0 Å². The number of ether oxygens (including phenoxy) is 4. The van der Waals surface area contributed by atoms with Crippen LogP contribution in [0.3, 0.4) is 0 Å². The van der Waals surface area contributed by atoms with E-state index in [4.69, 9.17) is 18.9 Å². The number of Topliss-reactive ketones (excluding diaryl/α,β-unsaturated/α-hetero) is 2. The van der Waals surface area contributed by atoms with Crippen LogP contribution in [-0.4, -0.2) is 58.9 Å². The van der Waals surface area contributed by atoms with Gasteiger partial charge in [0.25, 0.3) is 0 Å². The lowest BCUT2D eigenvalue weighted by molar-refractivity contribution is -0.293. The summed E-state index contributed by atoms with van der Waals surface area (Å²) in [6, 6.07) is 0. The maximum atomic E-state index is 13.6. The summed E-state index contributed by atoms with van der Waals surface area (Å²) < 4.78 is 25.9. The Morgan fingerprint density at radius 2 is 0.727 bits per heavy atom. The summed E-state index contributed by atoms with van der Waals surface area (Å²) in [5.74, 6) is -0.250. The summed E-state index contributed by atoms with van der Waals surface area (Å²) >= 11 is 0. The Kier molecular flexibility index (Phi) is 8.86. The SMILES string of the molecule is CC(C)(C)OC1[C@@H](OC(C)(C)C)[C@H](C(=O)C(C)(C)C)O[C@H](C(=O)C(C)(C)C)[C@H]1OC(C)(C)C. The van der Waals surface area contributed by atoms with E-state index in [1.54, 1.807) is 0 Å². The molecule has 0 aromatic heterocycles. The molecule has 0 radical (unpaired) electrons. The maximum absolute atomic E-state index is 13.6. The van der Waals surface area contributed by atoms with Gasteiger partial charge in [-0.15, -0.1) is 0 Å². The second kappa shape index (κ2) is 9.67. The third-order valence-electron chi connectivity index (χ3n) is 5.00. The first-order valence-electron chi connectivity index (χ1n) is 12.1.